The predicted octanol–water partition coefficient (Wildman–Crippen LogP) is 0.757. The van der Waals surface area contributed by atoms with Gasteiger partial charge in [-0.05, 0) is 6.07 Å². The minimum Gasteiger partial charge on any atom is -0.476 e. The number of aromatic carboxylic acids is 1. The number of pyridine rings is 1. The molecule has 5 nitrogen and oxygen atoms in total. The lowest BCUT2D eigenvalue weighted by atomic mass is 10.1. The Morgan fingerprint density at radius 3 is 2.62 bits per heavy atom. The standard InChI is InChI=1S/C9H10ClNO4S/c10-5-1-4(8(13)6(12)3-16)2-11-7(5)9(14)15/h1-2,6,8,12-13,16H,3H2,(H,14,15). The van der Waals surface area contributed by atoms with Crippen LogP contribution in [-0.2, 0) is 0 Å². The molecule has 0 bridgehead atoms. The molecule has 0 fully saturated rings. The number of halogens is 1. The second kappa shape index (κ2) is 5.49. The van der Waals surface area contributed by atoms with E-state index in [-0.39, 0.29) is 22.0 Å². The molecule has 0 aliphatic carbocycles. The zero-order valence-corrected chi connectivity index (χ0v) is 9.69. The van der Waals surface area contributed by atoms with Gasteiger partial charge in [0.15, 0.2) is 5.69 Å². The summed E-state index contributed by atoms with van der Waals surface area (Å²) in [6.07, 6.45) is -1.09. The fourth-order valence-electron chi connectivity index (χ4n) is 1.09. The molecule has 7 heteroatoms. The zero-order valence-electron chi connectivity index (χ0n) is 8.04. The van der Waals surface area contributed by atoms with Crippen LogP contribution in [0.4, 0.5) is 0 Å². The van der Waals surface area contributed by atoms with E-state index in [1.54, 1.807) is 0 Å². The first kappa shape index (κ1) is 13.2. The van der Waals surface area contributed by atoms with Crippen molar-refractivity contribution in [1.82, 2.24) is 4.98 Å². The Labute approximate surface area is 102 Å². The van der Waals surface area contributed by atoms with E-state index in [1.807, 2.05) is 0 Å². The minimum absolute atomic E-state index is 0.0689. The smallest absolute Gasteiger partial charge is 0.356 e. The van der Waals surface area contributed by atoms with Gasteiger partial charge in [-0.15, -0.1) is 0 Å². The molecule has 2 unspecified atom stereocenters. The van der Waals surface area contributed by atoms with E-state index in [9.17, 15) is 15.0 Å². The molecule has 16 heavy (non-hydrogen) atoms. The summed E-state index contributed by atoms with van der Waals surface area (Å²) in [4.78, 5) is 14.2. The van der Waals surface area contributed by atoms with Crippen LogP contribution >= 0.6 is 24.2 Å². The number of aliphatic hydroxyl groups excluding tert-OH is 2. The molecule has 0 aromatic carbocycles. The SMILES string of the molecule is O=C(O)c1ncc(C(O)C(O)CS)cc1Cl. The van der Waals surface area contributed by atoms with Gasteiger partial charge in [0.05, 0.1) is 11.1 Å². The van der Waals surface area contributed by atoms with Gasteiger partial charge in [0.2, 0.25) is 0 Å². The molecule has 1 aromatic heterocycles. The third-order valence-electron chi connectivity index (χ3n) is 1.96. The summed E-state index contributed by atoms with van der Waals surface area (Å²) >= 11 is 9.49. The topological polar surface area (TPSA) is 90.7 Å². The highest BCUT2D eigenvalue weighted by Gasteiger charge is 2.19. The first-order valence-corrected chi connectivity index (χ1v) is 5.34. The van der Waals surface area contributed by atoms with Crippen molar-refractivity contribution in [2.75, 3.05) is 5.75 Å². The molecule has 2 atom stereocenters. The van der Waals surface area contributed by atoms with E-state index >= 15 is 0 Å². The van der Waals surface area contributed by atoms with Crippen LogP contribution in [-0.4, -0.2) is 38.1 Å². The molecular weight excluding hydrogens is 254 g/mol. The summed E-state index contributed by atoms with van der Waals surface area (Å²) < 4.78 is 0. The van der Waals surface area contributed by atoms with Crippen molar-refractivity contribution in [2.24, 2.45) is 0 Å². The van der Waals surface area contributed by atoms with E-state index in [2.05, 4.69) is 17.6 Å². The number of rotatable bonds is 4. The van der Waals surface area contributed by atoms with Crippen LogP contribution in [0.2, 0.25) is 5.02 Å². The maximum absolute atomic E-state index is 10.6. The minimum atomic E-state index is -1.25. The van der Waals surface area contributed by atoms with Gasteiger partial charge in [0.25, 0.3) is 0 Å². The Kier molecular flexibility index (Phi) is 4.55. The van der Waals surface area contributed by atoms with Crippen molar-refractivity contribution < 1.29 is 20.1 Å². The van der Waals surface area contributed by atoms with Gasteiger partial charge in [-0.1, -0.05) is 11.6 Å². The lowest BCUT2D eigenvalue weighted by Crippen LogP contribution is -2.20. The average Bonchev–Trinajstić information content (AvgIpc) is 2.26. The summed E-state index contributed by atoms with van der Waals surface area (Å²) in [5.41, 5.74) is -0.0467. The lowest BCUT2D eigenvalue weighted by molar-refractivity contribution is 0.0335. The molecule has 1 heterocycles. The molecule has 0 amide bonds. The Hall–Kier alpha value is -0.820. The van der Waals surface area contributed by atoms with Crippen molar-refractivity contribution in [2.45, 2.75) is 12.2 Å². The molecule has 88 valence electrons. The molecule has 0 aliphatic rings. The van der Waals surface area contributed by atoms with Gasteiger partial charge >= 0.3 is 5.97 Å². The lowest BCUT2D eigenvalue weighted by Gasteiger charge is -2.16. The number of carboxylic acid groups (broad SMARTS) is 1. The van der Waals surface area contributed by atoms with Crippen LogP contribution in [0.3, 0.4) is 0 Å². The molecule has 0 saturated heterocycles. The van der Waals surface area contributed by atoms with Crippen LogP contribution < -0.4 is 0 Å². The first-order chi connectivity index (χ1) is 7.47. The number of carboxylic acids is 1. The number of aromatic nitrogens is 1. The van der Waals surface area contributed by atoms with Gasteiger partial charge in [0.1, 0.15) is 6.10 Å². The van der Waals surface area contributed by atoms with Crippen molar-refractivity contribution >= 4 is 30.2 Å². The Morgan fingerprint density at radius 2 is 2.19 bits per heavy atom. The van der Waals surface area contributed by atoms with E-state index in [1.165, 1.54) is 6.07 Å². The van der Waals surface area contributed by atoms with Gasteiger partial charge in [-0.25, -0.2) is 9.78 Å². The van der Waals surface area contributed by atoms with Gasteiger partial charge in [-0.3, -0.25) is 0 Å². The molecule has 3 N–H and O–H groups in total. The van der Waals surface area contributed by atoms with E-state index < -0.39 is 18.2 Å². The molecule has 1 rings (SSSR count). The summed E-state index contributed by atoms with van der Waals surface area (Å²) in [5, 5.41) is 27.5. The summed E-state index contributed by atoms with van der Waals surface area (Å²) in [6, 6.07) is 1.26. The highest BCUT2D eigenvalue weighted by atomic mass is 35.5. The van der Waals surface area contributed by atoms with Gasteiger partial charge in [-0.2, -0.15) is 12.6 Å². The molecule has 0 saturated carbocycles. The average molecular weight is 264 g/mol. The zero-order chi connectivity index (χ0) is 12.3. The third kappa shape index (κ3) is 2.85. The number of hydrogen-bond acceptors (Lipinski definition) is 5. The summed E-state index contributed by atoms with van der Waals surface area (Å²) in [5.74, 6) is -1.18. The monoisotopic (exact) mass is 263 g/mol. The molecule has 1 aromatic rings. The normalized spacial score (nSPS) is 14.5. The Morgan fingerprint density at radius 1 is 1.56 bits per heavy atom. The highest BCUT2D eigenvalue weighted by molar-refractivity contribution is 7.80. The van der Waals surface area contributed by atoms with E-state index in [0.29, 0.717) is 0 Å². The van der Waals surface area contributed by atoms with Crippen molar-refractivity contribution in [3.8, 4) is 0 Å². The Balaban J connectivity index is 3.01. The number of carbonyl (C=O) groups is 1. The number of nitrogens with zero attached hydrogens (tertiary/aromatic N) is 1. The van der Waals surface area contributed by atoms with Crippen molar-refractivity contribution in [1.29, 1.82) is 0 Å². The molecular formula is C9H10ClNO4S. The maximum atomic E-state index is 10.6. The largest absolute Gasteiger partial charge is 0.476 e. The third-order valence-corrected chi connectivity index (χ3v) is 2.62. The molecule has 0 aliphatic heterocycles. The van der Waals surface area contributed by atoms with E-state index in [0.717, 1.165) is 6.20 Å². The number of aliphatic hydroxyl groups is 2. The van der Waals surface area contributed by atoms with Crippen LogP contribution in [0.5, 0.6) is 0 Å². The second-order valence-electron chi connectivity index (χ2n) is 3.10. The quantitative estimate of drug-likeness (QED) is 0.602. The van der Waals surface area contributed by atoms with Crippen LogP contribution in [0, 0.1) is 0 Å². The molecule has 0 spiro atoms. The van der Waals surface area contributed by atoms with Crippen molar-refractivity contribution in [3.05, 3.63) is 28.5 Å². The van der Waals surface area contributed by atoms with E-state index in [4.69, 9.17) is 16.7 Å². The fraction of sp³-hybridized carbons (Fsp3) is 0.333. The summed E-state index contributed by atoms with van der Waals surface area (Å²) in [7, 11) is 0. The fourth-order valence-corrected chi connectivity index (χ4v) is 1.55. The molecule has 0 radical (unpaired) electrons. The number of hydrogen-bond donors (Lipinski definition) is 4. The van der Waals surface area contributed by atoms with Gasteiger partial charge < -0.3 is 15.3 Å². The Bertz CT molecular complexity index is 401. The first-order valence-electron chi connectivity index (χ1n) is 4.33. The van der Waals surface area contributed by atoms with Gasteiger partial charge in [0, 0.05) is 17.5 Å². The highest BCUT2D eigenvalue weighted by Crippen LogP contribution is 2.22. The summed E-state index contributed by atoms with van der Waals surface area (Å²) in [6.45, 7) is 0. The van der Waals surface area contributed by atoms with Crippen LogP contribution in [0.1, 0.15) is 22.2 Å². The van der Waals surface area contributed by atoms with Crippen molar-refractivity contribution in [3.63, 3.8) is 0 Å². The van der Waals surface area contributed by atoms with Crippen LogP contribution in [0.25, 0.3) is 0 Å². The number of thiol groups is 1. The second-order valence-corrected chi connectivity index (χ2v) is 3.87. The van der Waals surface area contributed by atoms with Crippen LogP contribution in [0.15, 0.2) is 12.3 Å². The maximum Gasteiger partial charge on any atom is 0.356 e. The predicted molar refractivity (Wildman–Crippen MR) is 61.0 cm³/mol.